The van der Waals surface area contributed by atoms with Crippen molar-refractivity contribution < 1.29 is 13.9 Å². The van der Waals surface area contributed by atoms with Gasteiger partial charge in [-0.15, -0.1) is 0 Å². The molecule has 114 valence electrons. The van der Waals surface area contributed by atoms with Crippen molar-refractivity contribution >= 4 is 17.0 Å². The van der Waals surface area contributed by atoms with Gasteiger partial charge in [0.05, 0.1) is 6.26 Å². The SMILES string of the molecule is Cc1[nH]c2ccccc2c1CCNC(=O)Oc1ccoc1C. The fourth-order valence-electron chi connectivity index (χ4n) is 2.56. The third kappa shape index (κ3) is 2.83. The van der Waals surface area contributed by atoms with Gasteiger partial charge >= 0.3 is 6.09 Å². The Hall–Kier alpha value is -2.69. The number of furan rings is 1. The van der Waals surface area contributed by atoms with Gasteiger partial charge in [0.2, 0.25) is 0 Å². The molecule has 0 spiro atoms. The monoisotopic (exact) mass is 298 g/mol. The normalized spacial score (nSPS) is 10.8. The Morgan fingerprint density at radius 3 is 2.86 bits per heavy atom. The third-order valence-corrected chi connectivity index (χ3v) is 3.69. The van der Waals surface area contributed by atoms with Crippen LogP contribution in [0.4, 0.5) is 4.79 Å². The lowest BCUT2D eigenvalue weighted by molar-refractivity contribution is 0.199. The first-order valence-electron chi connectivity index (χ1n) is 7.21. The summed E-state index contributed by atoms with van der Waals surface area (Å²) in [7, 11) is 0. The van der Waals surface area contributed by atoms with Gasteiger partial charge in [-0.2, -0.15) is 0 Å². The van der Waals surface area contributed by atoms with E-state index in [9.17, 15) is 4.79 Å². The number of carbonyl (C=O) groups excluding carboxylic acids is 1. The van der Waals surface area contributed by atoms with Gasteiger partial charge in [-0.3, -0.25) is 0 Å². The lowest BCUT2D eigenvalue weighted by atomic mass is 10.1. The number of H-pyrrole nitrogens is 1. The topological polar surface area (TPSA) is 67.3 Å². The predicted octanol–water partition coefficient (Wildman–Crippen LogP) is 3.71. The maximum atomic E-state index is 11.8. The van der Waals surface area contributed by atoms with Crippen molar-refractivity contribution in [3.8, 4) is 5.75 Å². The highest BCUT2D eigenvalue weighted by Crippen LogP contribution is 2.22. The van der Waals surface area contributed by atoms with Crippen molar-refractivity contribution in [2.45, 2.75) is 20.3 Å². The summed E-state index contributed by atoms with van der Waals surface area (Å²) < 4.78 is 10.3. The molecule has 0 aliphatic heterocycles. The molecule has 0 radical (unpaired) electrons. The summed E-state index contributed by atoms with van der Waals surface area (Å²) in [6.45, 7) is 4.30. The van der Waals surface area contributed by atoms with Gasteiger partial charge < -0.3 is 19.5 Å². The molecule has 0 aliphatic carbocycles. The van der Waals surface area contributed by atoms with Gasteiger partial charge in [-0.25, -0.2) is 4.79 Å². The Labute approximate surface area is 128 Å². The molecular weight excluding hydrogens is 280 g/mol. The van der Waals surface area contributed by atoms with E-state index in [1.54, 1.807) is 13.0 Å². The smallest absolute Gasteiger partial charge is 0.412 e. The van der Waals surface area contributed by atoms with Crippen LogP contribution in [0.3, 0.4) is 0 Å². The fraction of sp³-hybridized carbons (Fsp3) is 0.235. The Kier molecular flexibility index (Phi) is 3.87. The Morgan fingerprint density at radius 2 is 2.09 bits per heavy atom. The minimum absolute atomic E-state index is 0.445. The molecule has 5 nitrogen and oxygen atoms in total. The highest BCUT2D eigenvalue weighted by molar-refractivity contribution is 5.84. The van der Waals surface area contributed by atoms with Gasteiger partial charge in [0, 0.05) is 29.2 Å². The van der Waals surface area contributed by atoms with Crippen molar-refractivity contribution in [3.05, 3.63) is 53.6 Å². The Bertz CT molecular complexity index is 801. The van der Waals surface area contributed by atoms with Gasteiger partial charge in [0.25, 0.3) is 0 Å². The van der Waals surface area contributed by atoms with Crippen LogP contribution in [-0.4, -0.2) is 17.6 Å². The molecule has 0 saturated heterocycles. The van der Waals surface area contributed by atoms with Crippen LogP contribution in [0.1, 0.15) is 17.0 Å². The predicted molar refractivity (Wildman–Crippen MR) is 84.2 cm³/mol. The van der Waals surface area contributed by atoms with Crippen LogP contribution in [-0.2, 0) is 6.42 Å². The summed E-state index contributed by atoms with van der Waals surface area (Å²) >= 11 is 0. The highest BCUT2D eigenvalue weighted by Gasteiger charge is 2.10. The number of para-hydroxylation sites is 1. The summed E-state index contributed by atoms with van der Waals surface area (Å²) in [6, 6.07) is 9.78. The number of rotatable bonds is 4. The lowest BCUT2D eigenvalue weighted by Crippen LogP contribution is -2.28. The zero-order valence-electron chi connectivity index (χ0n) is 12.6. The zero-order chi connectivity index (χ0) is 15.5. The first kappa shape index (κ1) is 14.3. The van der Waals surface area contributed by atoms with Crippen LogP contribution in [0.5, 0.6) is 5.75 Å². The molecule has 22 heavy (non-hydrogen) atoms. The molecule has 0 saturated carbocycles. The number of fused-ring (bicyclic) bond motifs is 1. The summed E-state index contributed by atoms with van der Waals surface area (Å²) in [4.78, 5) is 15.1. The van der Waals surface area contributed by atoms with E-state index in [1.807, 2.05) is 19.1 Å². The van der Waals surface area contributed by atoms with E-state index in [1.165, 1.54) is 17.2 Å². The number of benzene rings is 1. The summed E-state index contributed by atoms with van der Waals surface area (Å²) in [5.74, 6) is 1.03. The molecule has 1 amide bonds. The molecule has 2 heterocycles. The largest absolute Gasteiger partial charge is 0.466 e. The minimum atomic E-state index is -0.470. The number of hydrogen-bond acceptors (Lipinski definition) is 3. The van der Waals surface area contributed by atoms with E-state index < -0.39 is 6.09 Å². The standard InChI is InChI=1S/C17H18N2O3/c1-11-13(14-5-3-4-6-15(14)19-11)7-9-18-17(20)22-16-8-10-21-12(16)2/h3-6,8,10,19H,7,9H2,1-2H3,(H,18,20). The average Bonchev–Trinajstić information content (AvgIpc) is 3.03. The molecule has 0 unspecified atom stereocenters. The molecule has 3 rings (SSSR count). The highest BCUT2D eigenvalue weighted by atomic mass is 16.6. The molecule has 0 fully saturated rings. The van der Waals surface area contributed by atoms with Crippen LogP contribution in [0, 0.1) is 13.8 Å². The molecule has 2 N–H and O–H groups in total. The molecule has 0 bridgehead atoms. The van der Waals surface area contributed by atoms with Gasteiger partial charge in [-0.05, 0) is 31.9 Å². The first-order valence-corrected chi connectivity index (χ1v) is 7.21. The first-order chi connectivity index (χ1) is 10.6. The molecule has 0 aliphatic rings. The molecule has 5 heteroatoms. The lowest BCUT2D eigenvalue weighted by Gasteiger charge is -2.06. The van der Waals surface area contributed by atoms with E-state index in [2.05, 4.69) is 22.4 Å². The average molecular weight is 298 g/mol. The molecule has 1 aromatic carbocycles. The van der Waals surface area contributed by atoms with Crippen molar-refractivity contribution in [3.63, 3.8) is 0 Å². The quantitative estimate of drug-likeness (QED) is 0.771. The number of hydrogen-bond donors (Lipinski definition) is 2. The maximum absolute atomic E-state index is 11.8. The molecular formula is C17H18N2O3. The summed E-state index contributed by atoms with van der Waals surface area (Å²) in [6.07, 6.45) is 1.77. The van der Waals surface area contributed by atoms with E-state index in [-0.39, 0.29) is 0 Å². The molecule has 0 atom stereocenters. The van der Waals surface area contributed by atoms with Gasteiger partial charge in [-0.1, -0.05) is 18.2 Å². The van der Waals surface area contributed by atoms with Crippen LogP contribution in [0.2, 0.25) is 0 Å². The van der Waals surface area contributed by atoms with Crippen LogP contribution in [0.15, 0.2) is 41.0 Å². The third-order valence-electron chi connectivity index (χ3n) is 3.69. The second kappa shape index (κ2) is 5.97. The number of aryl methyl sites for hydroxylation is 2. The molecule has 2 aromatic heterocycles. The Balaban J connectivity index is 1.59. The van der Waals surface area contributed by atoms with E-state index in [0.29, 0.717) is 18.1 Å². The van der Waals surface area contributed by atoms with E-state index in [0.717, 1.165) is 17.6 Å². The van der Waals surface area contributed by atoms with Crippen LogP contribution in [0.25, 0.3) is 10.9 Å². The van der Waals surface area contributed by atoms with Gasteiger partial charge in [0.15, 0.2) is 5.75 Å². The summed E-state index contributed by atoms with van der Waals surface area (Å²) in [5.41, 5.74) is 3.46. The second-order valence-electron chi connectivity index (χ2n) is 5.18. The maximum Gasteiger partial charge on any atom is 0.412 e. The number of aromatic amines is 1. The minimum Gasteiger partial charge on any atom is -0.466 e. The number of nitrogens with one attached hydrogen (secondary N) is 2. The van der Waals surface area contributed by atoms with Gasteiger partial charge in [0.1, 0.15) is 5.76 Å². The summed E-state index contributed by atoms with van der Waals surface area (Å²) in [5, 5.41) is 3.96. The van der Waals surface area contributed by atoms with Crippen molar-refractivity contribution in [1.82, 2.24) is 10.3 Å². The van der Waals surface area contributed by atoms with Crippen LogP contribution >= 0.6 is 0 Å². The van der Waals surface area contributed by atoms with E-state index in [4.69, 9.17) is 9.15 Å². The number of carbonyl (C=O) groups is 1. The zero-order valence-corrected chi connectivity index (χ0v) is 12.6. The second-order valence-corrected chi connectivity index (χ2v) is 5.18. The number of amides is 1. The fourth-order valence-corrected chi connectivity index (χ4v) is 2.56. The van der Waals surface area contributed by atoms with Crippen LogP contribution < -0.4 is 10.1 Å². The number of aromatic nitrogens is 1. The Morgan fingerprint density at radius 1 is 1.27 bits per heavy atom. The van der Waals surface area contributed by atoms with Crippen molar-refractivity contribution in [2.75, 3.05) is 6.54 Å². The van der Waals surface area contributed by atoms with Crippen molar-refractivity contribution in [1.29, 1.82) is 0 Å². The van der Waals surface area contributed by atoms with Crippen molar-refractivity contribution in [2.24, 2.45) is 0 Å². The molecule has 3 aromatic rings. The van der Waals surface area contributed by atoms with E-state index >= 15 is 0 Å². The number of ether oxygens (including phenoxy) is 1.